The van der Waals surface area contributed by atoms with E-state index >= 15 is 0 Å². The van der Waals surface area contributed by atoms with Crippen molar-refractivity contribution in [2.75, 3.05) is 27.2 Å². The smallest absolute Gasteiger partial charge is 0.0133 e. The van der Waals surface area contributed by atoms with E-state index in [0.29, 0.717) is 0 Å². The molecule has 0 unspecified atom stereocenters. The fourth-order valence-electron chi connectivity index (χ4n) is 2.96. The highest BCUT2D eigenvalue weighted by Crippen LogP contribution is 2.34. The fraction of sp³-hybridized carbons (Fsp3) is 1.00. The molecular weight excluding hydrogens is 148 g/mol. The van der Waals surface area contributed by atoms with E-state index in [2.05, 4.69) is 24.3 Å². The summed E-state index contributed by atoms with van der Waals surface area (Å²) in [5, 5.41) is 3.52. The van der Waals surface area contributed by atoms with Gasteiger partial charge in [0.15, 0.2) is 0 Å². The van der Waals surface area contributed by atoms with Gasteiger partial charge in [0.05, 0.1) is 0 Å². The van der Waals surface area contributed by atoms with Crippen LogP contribution in [0.2, 0.25) is 0 Å². The third-order valence-electron chi connectivity index (χ3n) is 3.62. The Morgan fingerprint density at radius 2 is 2.00 bits per heavy atom. The summed E-state index contributed by atoms with van der Waals surface area (Å²) in [7, 11) is 4.46. The summed E-state index contributed by atoms with van der Waals surface area (Å²) >= 11 is 0. The minimum absolute atomic E-state index is 0.846. The van der Waals surface area contributed by atoms with Crippen molar-refractivity contribution in [2.45, 2.75) is 25.3 Å². The van der Waals surface area contributed by atoms with Crippen LogP contribution in [0.25, 0.3) is 0 Å². The van der Waals surface area contributed by atoms with Crippen molar-refractivity contribution >= 4 is 0 Å². The summed E-state index contributed by atoms with van der Waals surface area (Å²) in [6.45, 7) is 2.53. The monoisotopic (exact) mass is 168 g/mol. The molecule has 2 aliphatic rings. The third kappa shape index (κ3) is 1.38. The van der Waals surface area contributed by atoms with Gasteiger partial charge in [-0.15, -0.1) is 0 Å². The molecule has 1 aliphatic carbocycles. The van der Waals surface area contributed by atoms with Crippen molar-refractivity contribution in [3.63, 3.8) is 0 Å². The molecule has 1 heterocycles. The first-order chi connectivity index (χ1) is 5.79. The van der Waals surface area contributed by atoms with Crippen molar-refractivity contribution in [2.24, 2.45) is 11.8 Å². The van der Waals surface area contributed by atoms with Crippen LogP contribution < -0.4 is 5.32 Å². The first-order valence-corrected chi connectivity index (χ1v) is 5.16. The Bertz CT molecular complexity index is 156. The average Bonchev–Trinajstić information content (AvgIpc) is 2.49. The summed E-state index contributed by atoms with van der Waals surface area (Å²) in [6.07, 6.45) is 4.31. The van der Waals surface area contributed by atoms with Gasteiger partial charge in [0.2, 0.25) is 0 Å². The van der Waals surface area contributed by atoms with Crippen molar-refractivity contribution in [3.8, 4) is 0 Å². The molecule has 0 aromatic carbocycles. The number of hydrogen-bond acceptors (Lipinski definition) is 2. The molecule has 1 N–H and O–H groups in total. The minimum atomic E-state index is 0.846. The van der Waals surface area contributed by atoms with Gasteiger partial charge >= 0.3 is 0 Å². The quantitative estimate of drug-likeness (QED) is 0.627. The van der Waals surface area contributed by atoms with E-state index in [1.165, 1.54) is 32.4 Å². The van der Waals surface area contributed by atoms with Crippen LogP contribution in [-0.2, 0) is 0 Å². The minimum Gasteiger partial charge on any atom is -0.316 e. The number of fused-ring (bicyclic) bond motifs is 1. The number of rotatable bonds is 1. The van der Waals surface area contributed by atoms with Gasteiger partial charge in [-0.05, 0) is 51.9 Å². The molecule has 0 spiro atoms. The molecule has 70 valence electrons. The lowest BCUT2D eigenvalue weighted by atomic mass is 9.77. The molecule has 2 heteroatoms. The van der Waals surface area contributed by atoms with E-state index in [0.717, 1.165) is 17.9 Å². The lowest BCUT2D eigenvalue weighted by molar-refractivity contribution is 0.134. The molecule has 0 radical (unpaired) electrons. The second-order valence-corrected chi connectivity index (χ2v) is 4.54. The van der Waals surface area contributed by atoms with Crippen LogP contribution in [0, 0.1) is 11.8 Å². The molecule has 1 saturated carbocycles. The zero-order valence-corrected chi connectivity index (χ0v) is 8.21. The average molecular weight is 168 g/mol. The van der Waals surface area contributed by atoms with Gasteiger partial charge in [0.25, 0.3) is 0 Å². The van der Waals surface area contributed by atoms with Crippen LogP contribution in [0.5, 0.6) is 0 Å². The van der Waals surface area contributed by atoms with Gasteiger partial charge in [0, 0.05) is 6.04 Å². The summed E-state index contributed by atoms with van der Waals surface area (Å²) in [6, 6.07) is 0.846. The molecule has 3 atom stereocenters. The fourth-order valence-corrected chi connectivity index (χ4v) is 2.96. The van der Waals surface area contributed by atoms with Crippen LogP contribution in [0.15, 0.2) is 0 Å². The molecule has 1 saturated heterocycles. The Morgan fingerprint density at radius 3 is 2.75 bits per heavy atom. The van der Waals surface area contributed by atoms with Crippen molar-refractivity contribution in [1.29, 1.82) is 0 Å². The normalized spacial score (nSPS) is 41.8. The van der Waals surface area contributed by atoms with E-state index in [9.17, 15) is 0 Å². The zero-order valence-electron chi connectivity index (χ0n) is 8.21. The molecule has 1 aliphatic heterocycles. The van der Waals surface area contributed by atoms with Crippen LogP contribution in [0.4, 0.5) is 0 Å². The van der Waals surface area contributed by atoms with E-state index in [1.54, 1.807) is 0 Å². The van der Waals surface area contributed by atoms with Gasteiger partial charge in [0.1, 0.15) is 0 Å². The van der Waals surface area contributed by atoms with E-state index in [-0.39, 0.29) is 0 Å². The Kier molecular flexibility index (Phi) is 2.37. The maximum absolute atomic E-state index is 3.52. The van der Waals surface area contributed by atoms with E-state index in [1.807, 2.05) is 0 Å². The molecule has 0 aromatic rings. The van der Waals surface area contributed by atoms with Crippen molar-refractivity contribution in [3.05, 3.63) is 0 Å². The lowest BCUT2D eigenvalue weighted by Crippen LogP contribution is -2.41. The predicted octanol–water partition coefficient (Wildman–Crippen LogP) is 0.936. The highest BCUT2D eigenvalue weighted by Gasteiger charge is 2.37. The second kappa shape index (κ2) is 3.35. The summed E-state index contributed by atoms with van der Waals surface area (Å²) < 4.78 is 0. The standard InChI is InChI=1S/C10H20N2/c1-12(2)10-5-3-4-8-6-11-7-9(8)10/h8-11H,3-7H2,1-2H3/t8-,9+,10+/m0/s1. The van der Waals surface area contributed by atoms with Gasteiger partial charge in [-0.3, -0.25) is 0 Å². The number of nitrogens with zero attached hydrogens (tertiary/aromatic N) is 1. The Balaban J connectivity index is 2.03. The Hall–Kier alpha value is -0.0800. The van der Waals surface area contributed by atoms with Crippen LogP contribution in [-0.4, -0.2) is 38.1 Å². The number of hydrogen-bond donors (Lipinski definition) is 1. The van der Waals surface area contributed by atoms with Crippen molar-refractivity contribution < 1.29 is 0 Å². The molecule has 12 heavy (non-hydrogen) atoms. The summed E-state index contributed by atoms with van der Waals surface area (Å²) in [4.78, 5) is 2.42. The molecule has 2 rings (SSSR count). The topological polar surface area (TPSA) is 15.3 Å². The lowest BCUT2D eigenvalue weighted by Gasteiger charge is -2.37. The van der Waals surface area contributed by atoms with Gasteiger partial charge in [-0.1, -0.05) is 6.42 Å². The molecule has 2 nitrogen and oxygen atoms in total. The van der Waals surface area contributed by atoms with Crippen LogP contribution in [0.3, 0.4) is 0 Å². The maximum Gasteiger partial charge on any atom is 0.0133 e. The van der Waals surface area contributed by atoms with E-state index in [4.69, 9.17) is 0 Å². The summed E-state index contributed by atoms with van der Waals surface area (Å²) in [5.74, 6) is 1.92. The van der Waals surface area contributed by atoms with Crippen molar-refractivity contribution in [1.82, 2.24) is 10.2 Å². The molecule has 0 bridgehead atoms. The van der Waals surface area contributed by atoms with Crippen LogP contribution >= 0.6 is 0 Å². The van der Waals surface area contributed by atoms with Crippen LogP contribution in [0.1, 0.15) is 19.3 Å². The molecule has 0 amide bonds. The SMILES string of the molecule is CN(C)[C@@H]1CCC[C@H]2CNC[C@H]21. The highest BCUT2D eigenvalue weighted by atomic mass is 15.1. The maximum atomic E-state index is 3.52. The molecule has 0 aromatic heterocycles. The third-order valence-corrected chi connectivity index (χ3v) is 3.62. The van der Waals surface area contributed by atoms with Gasteiger partial charge < -0.3 is 10.2 Å². The Morgan fingerprint density at radius 1 is 1.17 bits per heavy atom. The number of nitrogens with one attached hydrogen (secondary N) is 1. The highest BCUT2D eigenvalue weighted by molar-refractivity contribution is 4.92. The first-order valence-electron chi connectivity index (χ1n) is 5.16. The molecule has 2 fully saturated rings. The van der Waals surface area contributed by atoms with E-state index < -0.39 is 0 Å². The second-order valence-electron chi connectivity index (χ2n) is 4.54. The van der Waals surface area contributed by atoms with Gasteiger partial charge in [-0.2, -0.15) is 0 Å². The zero-order chi connectivity index (χ0) is 8.55. The summed E-state index contributed by atoms with van der Waals surface area (Å²) in [5.41, 5.74) is 0. The first kappa shape index (κ1) is 8.52. The largest absolute Gasteiger partial charge is 0.316 e. The molecular formula is C10H20N2. The van der Waals surface area contributed by atoms with Gasteiger partial charge in [-0.25, -0.2) is 0 Å². The Labute approximate surface area is 75.3 Å². The predicted molar refractivity (Wildman–Crippen MR) is 51.2 cm³/mol.